The first-order chi connectivity index (χ1) is 17.2. The van der Waals surface area contributed by atoms with Crippen molar-refractivity contribution in [1.29, 1.82) is 0 Å². The highest BCUT2D eigenvalue weighted by atomic mass is 16.5. The first-order valence-electron chi connectivity index (χ1n) is 11.5. The van der Waals surface area contributed by atoms with Gasteiger partial charge in [-0.2, -0.15) is 5.10 Å². The summed E-state index contributed by atoms with van der Waals surface area (Å²) in [5.74, 6) is -1.48. The van der Waals surface area contributed by atoms with Crippen LogP contribution in [0.5, 0.6) is 5.75 Å². The maximum atomic E-state index is 12.8. The molecule has 0 aliphatic carbocycles. The molecule has 3 aromatic rings. The minimum atomic E-state index is -0.984. The molecule has 1 aliphatic rings. The van der Waals surface area contributed by atoms with Gasteiger partial charge < -0.3 is 20.1 Å². The van der Waals surface area contributed by atoms with E-state index in [0.717, 1.165) is 22.5 Å². The summed E-state index contributed by atoms with van der Waals surface area (Å²) in [6, 6.07) is 15.0. The summed E-state index contributed by atoms with van der Waals surface area (Å²) in [4.78, 5) is 38.2. The van der Waals surface area contributed by atoms with E-state index in [2.05, 4.69) is 29.4 Å². The molecule has 4 rings (SSSR count). The maximum absolute atomic E-state index is 12.8. The van der Waals surface area contributed by atoms with Crippen molar-refractivity contribution in [3.05, 3.63) is 82.7 Å². The molecule has 0 fully saturated rings. The Morgan fingerprint density at radius 1 is 1.11 bits per heavy atom. The van der Waals surface area contributed by atoms with Crippen LogP contribution in [0.25, 0.3) is 6.08 Å². The minimum Gasteiger partial charge on any atom is -0.477 e. The van der Waals surface area contributed by atoms with Crippen LogP contribution in [-0.4, -0.2) is 46.8 Å². The zero-order chi connectivity index (χ0) is 25.8. The number of aryl methyl sites for hydroxylation is 2. The van der Waals surface area contributed by atoms with E-state index in [1.807, 2.05) is 25.5 Å². The molecule has 2 aromatic carbocycles. The summed E-state index contributed by atoms with van der Waals surface area (Å²) >= 11 is 0. The zero-order valence-electron chi connectivity index (χ0n) is 20.4. The molecule has 9 nitrogen and oxygen atoms in total. The number of nitrogens with zero attached hydrogens (tertiary/aromatic N) is 3. The summed E-state index contributed by atoms with van der Waals surface area (Å²) in [5.41, 5.74) is 10.7. The average Bonchev–Trinajstić information content (AvgIpc) is 3.13. The second-order valence-corrected chi connectivity index (χ2v) is 8.65. The first kappa shape index (κ1) is 24.7. The number of esters is 1. The SMILES string of the molecule is Cc1ccc(Cn2nc(C)c(/C=C\C(=O)OCC(=O)N3C[C@@H](C(N)=O)Oc4ccccc43)c2C)cc1. The van der Waals surface area contributed by atoms with E-state index in [4.69, 9.17) is 15.2 Å². The van der Waals surface area contributed by atoms with Crippen LogP contribution in [-0.2, 0) is 25.7 Å². The van der Waals surface area contributed by atoms with Crippen molar-refractivity contribution in [2.24, 2.45) is 5.73 Å². The van der Waals surface area contributed by atoms with Crippen LogP contribution < -0.4 is 15.4 Å². The molecule has 0 spiro atoms. The van der Waals surface area contributed by atoms with Crippen LogP contribution in [0.4, 0.5) is 5.69 Å². The number of nitrogens with two attached hydrogens (primary N) is 1. The molecule has 1 aliphatic heterocycles. The summed E-state index contributed by atoms with van der Waals surface area (Å²) in [5, 5.41) is 4.59. The number of benzene rings is 2. The third-order valence-corrected chi connectivity index (χ3v) is 6.01. The first-order valence-corrected chi connectivity index (χ1v) is 11.5. The molecule has 0 radical (unpaired) electrons. The van der Waals surface area contributed by atoms with Gasteiger partial charge in [0.1, 0.15) is 5.75 Å². The van der Waals surface area contributed by atoms with Crippen molar-refractivity contribution in [2.45, 2.75) is 33.4 Å². The molecular weight excluding hydrogens is 460 g/mol. The Kier molecular flexibility index (Phi) is 7.19. The van der Waals surface area contributed by atoms with Crippen molar-refractivity contribution >= 4 is 29.5 Å². The van der Waals surface area contributed by atoms with E-state index in [0.29, 0.717) is 18.0 Å². The quantitative estimate of drug-likeness (QED) is 0.404. The average molecular weight is 489 g/mol. The number of hydrogen-bond donors (Lipinski definition) is 1. The van der Waals surface area contributed by atoms with Crippen LogP contribution in [0.3, 0.4) is 0 Å². The van der Waals surface area contributed by atoms with Gasteiger partial charge in [-0.05, 0) is 44.5 Å². The summed E-state index contributed by atoms with van der Waals surface area (Å²) in [6.07, 6.45) is 1.94. The second kappa shape index (κ2) is 10.5. The highest BCUT2D eigenvalue weighted by Gasteiger charge is 2.32. The van der Waals surface area contributed by atoms with Crippen molar-refractivity contribution in [2.75, 3.05) is 18.1 Å². The number of para-hydroxylation sites is 2. The molecule has 9 heteroatoms. The lowest BCUT2D eigenvalue weighted by Crippen LogP contribution is -2.50. The van der Waals surface area contributed by atoms with Crippen molar-refractivity contribution < 1.29 is 23.9 Å². The third kappa shape index (κ3) is 5.46. The van der Waals surface area contributed by atoms with Gasteiger partial charge in [-0.3, -0.25) is 14.3 Å². The fourth-order valence-corrected chi connectivity index (χ4v) is 4.00. The predicted molar refractivity (Wildman–Crippen MR) is 134 cm³/mol. The molecule has 0 unspecified atom stereocenters. The molecule has 0 bridgehead atoms. The van der Waals surface area contributed by atoms with Crippen molar-refractivity contribution in [3.63, 3.8) is 0 Å². The number of aromatic nitrogens is 2. The smallest absolute Gasteiger partial charge is 0.331 e. The minimum absolute atomic E-state index is 0.0584. The lowest BCUT2D eigenvalue weighted by Gasteiger charge is -2.33. The number of hydrogen-bond acceptors (Lipinski definition) is 6. The lowest BCUT2D eigenvalue weighted by molar-refractivity contribution is -0.143. The predicted octanol–water partition coefficient (Wildman–Crippen LogP) is 2.69. The van der Waals surface area contributed by atoms with Crippen LogP contribution >= 0.6 is 0 Å². The molecule has 0 saturated carbocycles. The molecule has 36 heavy (non-hydrogen) atoms. The Hall–Kier alpha value is -4.40. The number of fused-ring (bicyclic) bond motifs is 1. The number of primary amides is 1. The van der Waals surface area contributed by atoms with Gasteiger partial charge >= 0.3 is 5.97 Å². The standard InChI is InChI=1S/C27H28N4O5/c1-17-8-10-20(11-9-17)14-31-19(3)21(18(2)29-31)12-13-26(33)35-16-25(32)30-15-24(27(28)34)36-23-7-5-4-6-22(23)30/h4-13,24H,14-16H2,1-3H3,(H2,28,34)/b13-12-/t24-/m0/s1. The molecule has 186 valence electrons. The maximum Gasteiger partial charge on any atom is 0.331 e. The molecular formula is C27H28N4O5. The number of carbonyl (C=O) groups is 3. The molecule has 0 saturated heterocycles. The molecule has 1 aromatic heterocycles. The Morgan fingerprint density at radius 2 is 1.83 bits per heavy atom. The number of rotatable bonds is 7. The van der Waals surface area contributed by atoms with Crippen molar-refractivity contribution in [1.82, 2.24) is 9.78 Å². The summed E-state index contributed by atoms with van der Waals surface area (Å²) < 4.78 is 12.6. The van der Waals surface area contributed by atoms with E-state index in [9.17, 15) is 14.4 Å². The monoisotopic (exact) mass is 488 g/mol. The van der Waals surface area contributed by atoms with E-state index < -0.39 is 30.5 Å². The van der Waals surface area contributed by atoms with Gasteiger partial charge in [0.15, 0.2) is 12.7 Å². The number of carbonyl (C=O) groups excluding carboxylic acids is 3. The third-order valence-electron chi connectivity index (χ3n) is 6.01. The van der Waals surface area contributed by atoms with Crippen molar-refractivity contribution in [3.8, 4) is 5.75 Å². The zero-order valence-corrected chi connectivity index (χ0v) is 20.4. The van der Waals surface area contributed by atoms with Crippen LogP contribution in [0.15, 0.2) is 54.6 Å². The summed E-state index contributed by atoms with van der Waals surface area (Å²) in [6.45, 7) is 5.92. The Bertz CT molecular complexity index is 1330. The van der Waals surface area contributed by atoms with Gasteiger partial charge in [0.25, 0.3) is 11.8 Å². The fourth-order valence-electron chi connectivity index (χ4n) is 4.00. The normalized spacial score (nSPS) is 14.9. The van der Waals surface area contributed by atoms with E-state index in [1.165, 1.54) is 16.5 Å². The number of ether oxygens (including phenoxy) is 2. The highest BCUT2D eigenvalue weighted by Crippen LogP contribution is 2.33. The highest BCUT2D eigenvalue weighted by molar-refractivity contribution is 5.99. The Balaban J connectivity index is 1.39. The van der Waals surface area contributed by atoms with E-state index in [1.54, 1.807) is 30.3 Å². The van der Waals surface area contributed by atoms with Crippen LogP contribution in [0, 0.1) is 20.8 Å². The van der Waals surface area contributed by atoms with Gasteiger partial charge in [-0.1, -0.05) is 42.0 Å². The number of anilines is 1. The topological polar surface area (TPSA) is 117 Å². The van der Waals surface area contributed by atoms with E-state index in [-0.39, 0.29) is 6.54 Å². The Morgan fingerprint density at radius 3 is 2.56 bits per heavy atom. The summed E-state index contributed by atoms with van der Waals surface area (Å²) in [7, 11) is 0. The fraction of sp³-hybridized carbons (Fsp3) is 0.259. The van der Waals surface area contributed by atoms with Gasteiger partial charge in [0.05, 0.1) is 24.5 Å². The van der Waals surface area contributed by atoms with Gasteiger partial charge in [-0.25, -0.2) is 4.79 Å². The molecule has 2 amide bonds. The molecule has 1 atom stereocenters. The Labute approximate surface area is 209 Å². The van der Waals surface area contributed by atoms with Gasteiger partial charge in [0, 0.05) is 17.3 Å². The lowest BCUT2D eigenvalue weighted by atomic mass is 10.1. The van der Waals surface area contributed by atoms with Crippen LogP contribution in [0.1, 0.15) is 28.1 Å². The second-order valence-electron chi connectivity index (χ2n) is 8.65. The van der Waals surface area contributed by atoms with Gasteiger partial charge in [0.2, 0.25) is 0 Å². The van der Waals surface area contributed by atoms with E-state index >= 15 is 0 Å². The number of amides is 2. The largest absolute Gasteiger partial charge is 0.477 e. The van der Waals surface area contributed by atoms with Gasteiger partial charge in [-0.15, -0.1) is 0 Å². The molecule has 2 heterocycles. The molecule has 2 N–H and O–H groups in total. The van der Waals surface area contributed by atoms with Crippen LogP contribution in [0.2, 0.25) is 0 Å².